The van der Waals surface area contributed by atoms with E-state index in [1.807, 2.05) is 12.1 Å². The van der Waals surface area contributed by atoms with Crippen LogP contribution >= 0.6 is 23.2 Å². The van der Waals surface area contributed by atoms with Gasteiger partial charge in [0.05, 0.1) is 23.3 Å². The number of rotatable bonds is 6. The normalized spacial score (nSPS) is 11.5. The molecule has 34 heavy (non-hydrogen) atoms. The fraction of sp³-hybridized carbons (Fsp3) is 0. The van der Waals surface area contributed by atoms with Crippen molar-refractivity contribution in [1.29, 1.82) is 10.5 Å². The topological polar surface area (TPSA) is 141 Å². The maximum atomic E-state index is 11.4. The monoisotopic (exact) mass is 492 g/mol. The summed E-state index contributed by atoms with van der Waals surface area (Å²) >= 11 is 12.9. The van der Waals surface area contributed by atoms with Crippen LogP contribution in [0, 0.1) is 33.1 Å². The van der Waals surface area contributed by atoms with Crippen molar-refractivity contribution in [2.45, 2.75) is 0 Å². The molecular formula is C24H14Cl2N4O4-2. The van der Waals surface area contributed by atoms with E-state index in [-0.39, 0.29) is 43.4 Å². The van der Waals surface area contributed by atoms with Crippen molar-refractivity contribution in [3.8, 4) is 12.1 Å². The molecule has 8 nitrogen and oxygen atoms in total. The first-order valence-corrected chi connectivity index (χ1v) is 10.2. The van der Waals surface area contributed by atoms with Gasteiger partial charge in [-0.25, -0.2) is 0 Å². The molecule has 0 aliphatic rings. The van der Waals surface area contributed by atoms with Crippen LogP contribution in [0.1, 0.15) is 33.4 Å². The van der Waals surface area contributed by atoms with E-state index in [0.717, 1.165) is 0 Å². The van der Waals surface area contributed by atoms with Gasteiger partial charge in [0.2, 0.25) is 0 Å². The summed E-state index contributed by atoms with van der Waals surface area (Å²) in [7, 11) is 0. The molecule has 0 saturated heterocycles. The van der Waals surface area contributed by atoms with Gasteiger partial charge in [-0.05, 0) is 59.2 Å². The highest BCUT2D eigenvalue weighted by Gasteiger charge is 2.10. The van der Waals surface area contributed by atoms with Gasteiger partial charge in [0, 0.05) is 21.3 Å². The van der Waals surface area contributed by atoms with E-state index in [0.29, 0.717) is 16.7 Å². The smallest absolute Gasteiger partial charge is 0.103 e. The van der Waals surface area contributed by atoms with Crippen LogP contribution in [0.5, 0.6) is 0 Å². The number of nitriles is 2. The average molecular weight is 493 g/mol. The predicted molar refractivity (Wildman–Crippen MR) is 131 cm³/mol. The molecule has 0 saturated carbocycles. The van der Waals surface area contributed by atoms with Crippen LogP contribution in [-0.4, -0.2) is 10.4 Å². The SMILES string of the molecule is N#Cc1ccc(C=C(Cl)c2cccc(C(Cl)=Cc3ccc(C#N)cc3N(O)O)c2)c(N([O-])[O-])c1. The molecule has 3 rings (SSSR count). The molecule has 0 heterocycles. The fourth-order valence-electron chi connectivity index (χ4n) is 3.06. The summed E-state index contributed by atoms with van der Waals surface area (Å²) in [5.74, 6) is 0. The lowest BCUT2D eigenvalue weighted by Crippen LogP contribution is -2.12. The van der Waals surface area contributed by atoms with Crippen molar-refractivity contribution in [2.24, 2.45) is 0 Å². The molecule has 0 bridgehead atoms. The minimum absolute atomic E-state index is 0.0422. The second kappa shape index (κ2) is 10.8. The summed E-state index contributed by atoms with van der Waals surface area (Å²) in [6, 6.07) is 18.9. The van der Waals surface area contributed by atoms with Crippen LogP contribution in [0.3, 0.4) is 0 Å². The molecule has 0 spiro atoms. The Labute approximate surface area is 204 Å². The number of halogens is 2. The zero-order valence-electron chi connectivity index (χ0n) is 17.2. The maximum absolute atomic E-state index is 11.4. The van der Waals surface area contributed by atoms with Crippen molar-refractivity contribution in [3.63, 3.8) is 0 Å². The van der Waals surface area contributed by atoms with Gasteiger partial charge in [-0.3, -0.25) is 10.4 Å². The molecule has 0 aliphatic carbocycles. The first-order chi connectivity index (χ1) is 16.2. The minimum atomic E-state index is -0.590. The third-order valence-electron chi connectivity index (χ3n) is 4.71. The zero-order chi connectivity index (χ0) is 24.8. The quantitative estimate of drug-likeness (QED) is 0.302. The molecule has 2 N–H and O–H groups in total. The van der Waals surface area contributed by atoms with Crippen molar-refractivity contribution < 1.29 is 10.4 Å². The van der Waals surface area contributed by atoms with E-state index in [1.165, 1.54) is 48.6 Å². The molecular weight excluding hydrogens is 479 g/mol. The summed E-state index contributed by atoms with van der Waals surface area (Å²) < 4.78 is 0. The molecule has 0 atom stereocenters. The minimum Gasteiger partial charge on any atom is -0.769 e. The third kappa shape index (κ3) is 5.73. The maximum Gasteiger partial charge on any atom is 0.103 e. The third-order valence-corrected chi connectivity index (χ3v) is 5.36. The van der Waals surface area contributed by atoms with Gasteiger partial charge < -0.3 is 15.6 Å². The van der Waals surface area contributed by atoms with Crippen LogP contribution in [0.25, 0.3) is 22.2 Å². The van der Waals surface area contributed by atoms with Gasteiger partial charge >= 0.3 is 0 Å². The summed E-state index contributed by atoms with van der Waals surface area (Å²) in [4.78, 5) is 0. The van der Waals surface area contributed by atoms with Crippen LogP contribution in [-0.2, 0) is 0 Å². The van der Waals surface area contributed by atoms with Crippen molar-refractivity contribution >= 4 is 56.8 Å². The predicted octanol–water partition coefficient (Wildman–Crippen LogP) is 6.29. The van der Waals surface area contributed by atoms with Gasteiger partial charge in [0.15, 0.2) is 0 Å². The Bertz CT molecular complexity index is 1270. The van der Waals surface area contributed by atoms with Crippen LogP contribution < -0.4 is 10.5 Å². The lowest BCUT2D eigenvalue weighted by Gasteiger charge is -2.38. The molecule has 0 aliphatic heterocycles. The van der Waals surface area contributed by atoms with Gasteiger partial charge in [0.25, 0.3) is 0 Å². The summed E-state index contributed by atoms with van der Waals surface area (Å²) in [6.45, 7) is 0. The van der Waals surface area contributed by atoms with E-state index in [2.05, 4.69) is 0 Å². The molecule has 0 fully saturated rings. The first-order valence-electron chi connectivity index (χ1n) is 9.49. The van der Waals surface area contributed by atoms with Gasteiger partial charge in [-0.15, -0.1) is 5.23 Å². The van der Waals surface area contributed by atoms with Gasteiger partial charge in [-0.2, -0.15) is 10.5 Å². The largest absolute Gasteiger partial charge is 0.769 e. The van der Waals surface area contributed by atoms with E-state index in [4.69, 9.17) is 33.7 Å². The Morgan fingerprint density at radius 1 is 0.765 bits per heavy atom. The molecule has 3 aromatic rings. The van der Waals surface area contributed by atoms with E-state index in [1.54, 1.807) is 24.3 Å². The number of hydrogen-bond donors (Lipinski definition) is 2. The Kier molecular flexibility index (Phi) is 7.90. The average Bonchev–Trinajstić information content (AvgIpc) is 2.84. The number of benzene rings is 3. The molecule has 3 aromatic carbocycles. The molecule has 0 radical (unpaired) electrons. The van der Waals surface area contributed by atoms with E-state index >= 15 is 0 Å². The second-order valence-electron chi connectivity index (χ2n) is 6.88. The number of anilines is 2. The highest BCUT2D eigenvalue weighted by molar-refractivity contribution is 6.52. The number of nitrogens with zero attached hydrogens (tertiary/aromatic N) is 4. The highest BCUT2D eigenvalue weighted by atomic mass is 35.5. The van der Waals surface area contributed by atoms with Crippen molar-refractivity contribution in [2.75, 3.05) is 10.5 Å². The molecule has 170 valence electrons. The standard InChI is InChI=1S/C24H14Cl2N4O4/c25-21(11-19-6-4-15(13-27)8-23(19)29(31)32)17-2-1-3-18(10-17)22(26)12-20-7-5-16(14-28)9-24(20)30(33)34/h1-12,31-32H/q-2. The summed E-state index contributed by atoms with van der Waals surface area (Å²) in [6.07, 6.45) is 2.91. The first kappa shape index (κ1) is 24.8. The van der Waals surface area contributed by atoms with Gasteiger partial charge in [0.1, 0.15) is 5.69 Å². The Morgan fingerprint density at radius 3 is 1.68 bits per heavy atom. The Balaban J connectivity index is 1.99. The summed E-state index contributed by atoms with van der Waals surface area (Å²) in [5.41, 5.74) is 1.73. The van der Waals surface area contributed by atoms with Crippen LogP contribution in [0.4, 0.5) is 11.4 Å². The molecule has 0 amide bonds. The molecule has 0 aromatic heterocycles. The highest BCUT2D eigenvalue weighted by Crippen LogP contribution is 2.32. The Hall–Kier alpha value is -3.86. The molecule has 0 unspecified atom stereocenters. The second-order valence-corrected chi connectivity index (χ2v) is 7.70. The number of hydrogen-bond acceptors (Lipinski definition) is 8. The molecule has 10 heteroatoms. The van der Waals surface area contributed by atoms with Crippen LogP contribution in [0.15, 0.2) is 60.7 Å². The zero-order valence-corrected chi connectivity index (χ0v) is 18.7. The van der Waals surface area contributed by atoms with Gasteiger partial charge in [-0.1, -0.05) is 53.5 Å². The van der Waals surface area contributed by atoms with Crippen molar-refractivity contribution in [3.05, 3.63) is 104 Å². The van der Waals surface area contributed by atoms with E-state index < -0.39 is 5.23 Å². The van der Waals surface area contributed by atoms with E-state index in [9.17, 15) is 20.8 Å². The van der Waals surface area contributed by atoms with Crippen molar-refractivity contribution in [1.82, 2.24) is 0 Å². The Morgan fingerprint density at radius 2 is 1.24 bits per heavy atom. The lowest BCUT2D eigenvalue weighted by atomic mass is 10.0. The lowest BCUT2D eigenvalue weighted by molar-refractivity contribution is 0.0290. The fourth-order valence-corrected chi connectivity index (χ4v) is 3.53. The summed E-state index contributed by atoms with van der Waals surface area (Å²) in [5, 5.41) is 59.5. The van der Waals surface area contributed by atoms with Crippen LogP contribution in [0.2, 0.25) is 0 Å².